The van der Waals surface area contributed by atoms with Crippen molar-refractivity contribution < 1.29 is 9.53 Å². The number of rotatable bonds is 2. The maximum Gasteiger partial charge on any atom is 0.224 e. The van der Waals surface area contributed by atoms with E-state index in [0.29, 0.717) is 35.1 Å². The summed E-state index contributed by atoms with van der Waals surface area (Å²) in [6.45, 7) is 1.91. The predicted octanol–water partition coefficient (Wildman–Crippen LogP) is 3.91. The van der Waals surface area contributed by atoms with Crippen molar-refractivity contribution in [2.75, 3.05) is 11.1 Å². The van der Waals surface area contributed by atoms with Gasteiger partial charge in [-0.3, -0.25) is 4.79 Å². The summed E-state index contributed by atoms with van der Waals surface area (Å²) >= 11 is 5.93. The minimum atomic E-state index is 0.0147. The van der Waals surface area contributed by atoms with Crippen molar-refractivity contribution >= 4 is 28.9 Å². The summed E-state index contributed by atoms with van der Waals surface area (Å²) in [7, 11) is 0. The van der Waals surface area contributed by atoms with Crippen LogP contribution in [0.2, 0.25) is 5.02 Å². The Morgan fingerprint density at radius 3 is 2.76 bits per heavy atom. The monoisotopic (exact) mass is 302 g/mol. The van der Waals surface area contributed by atoms with Crippen LogP contribution in [0.15, 0.2) is 30.3 Å². The van der Waals surface area contributed by atoms with Gasteiger partial charge in [0.25, 0.3) is 0 Å². The van der Waals surface area contributed by atoms with Crippen LogP contribution in [0.3, 0.4) is 0 Å². The Morgan fingerprint density at radius 2 is 2.00 bits per heavy atom. The number of halogens is 1. The summed E-state index contributed by atoms with van der Waals surface area (Å²) < 4.78 is 5.86. The summed E-state index contributed by atoms with van der Waals surface area (Å²) in [5.74, 6) is 1.23. The molecule has 21 heavy (non-hydrogen) atoms. The van der Waals surface area contributed by atoms with Crippen LogP contribution >= 0.6 is 11.6 Å². The second kappa shape index (κ2) is 5.30. The molecular weight excluding hydrogens is 288 g/mol. The van der Waals surface area contributed by atoms with Gasteiger partial charge in [-0.25, -0.2) is 0 Å². The predicted molar refractivity (Wildman–Crippen MR) is 84.1 cm³/mol. The maximum absolute atomic E-state index is 11.5. The number of nitrogens with two attached hydrogens (primary N) is 1. The Hall–Kier alpha value is -2.20. The number of hydrogen-bond donors (Lipinski definition) is 2. The van der Waals surface area contributed by atoms with Gasteiger partial charge >= 0.3 is 0 Å². The first-order chi connectivity index (χ1) is 10.0. The zero-order valence-electron chi connectivity index (χ0n) is 11.6. The SMILES string of the molecule is Cc1cc(Cl)ccc1Oc1cc2c(cc1N)CCC(=O)N2. The van der Waals surface area contributed by atoms with Crippen molar-refractivity contribution in [1.82, 2.24) is 0 Å². The number of fused-ring (bicyclic) bond motifs is 1. The molecule has 4 nitrogen and oxygen atoms in total. The highest BCUT2D eigenvalue weighted by Gasteiger charge is 2.17. The highest BCUT2D eigenvalue weighted by atomic mass is 35.5. The van der Waals surface area contributed by atoms with Gasteiger partial charge in [-0.05, 0) is 48.7 Å². The Kier molecular flexibility index (Phi) is 3.47. The van der Waals surface area contributed by atoms with Gasteiger partial charge in [0.15, 0.2) is 5.75 Å². The Bertz CT molecular complexity index is 728. The van der Waals surface area contributed by atoms with Gasteiger partial charge in [0.05, 0.1) is 5.69 Å². The molecule has 5 heteroatoms. The van der Waals surface area contributed by atoms with Gasteiger partial charge in [0, 0.05) is 23.2 Å². The second-order valence-electron chi connectivity index (χ2n) is 5.11. The molecular formula is C16H15ClN2O2. The van der Waals surface area contributed by atoms with Gasteiger partial charge in [-0.1, -0.05) is 11.6 Å². The first kappa shape index (κ1) is 13.8. The van der Waals surface area contributed by atoms with Crippen molar-refractivity contribution in [2.45, 2.75) is 19.8 Å². The molecule has 2 aromatic carbocycles. The topological polar surface area (TPSA) is 64.3 Å². The van der Waals surface area contributed by atoms with Gasteiger partial charge in [0.2, 0.25) is 5.91 Å². The van der Waals surface area contributed by atoms with Crippen LogP contribution in [0.5, 0.6) is 11.5 Å². The second-order valence-corrected chi connectivity index (χ2v) is 5.54. The van der Waals surface area contributed by atoms with E-state index in [-0.39, 0.29) is 5.91 Å². The lowest BCUT2D eigenvalue weighted by Crippen LogP contribution is -2.19. The Morgan fingerprint density at radius 1 is 1.19 bits per heavy atom. The van der Waals surface area contributed by atoms with Crippen LogP contribution in [-0.2, 0) is 11.2 Å². The average molecular weight is 303 g/mol. The molecule has 1 aliphatic rings. The Labute approximate surface area is 127 Å². The van der Waals surface area contributed by atoms with E-state index in [4.69, 9.17) is 22.1 Å². The largest absolute Gasteiger partial charge is 0.455 e. The molecule has 0 radical (unpaired) electrons. The minimum Gasteiger partial charge on any atom is -0.455 e. The fourth-order valence-electron chi connectivity index (χ4n) is 2.36. The van der Waals surface area contributed by atoms with Crippen molar-refractivity contribution in [2.24, 2.45) is 0 Å². The molecule has 0 unspecified atom stereocenters. The third kappa shape index (κ3) is 2.81. The summed E-state index contributed by atoms with van der Waals surface area (Å²) in [4.78, 5) is 11.5. The first-order valence-electron chi connectivity index (χ1n) is 6.69. The Balaban J connectivity index is 1.95. The highest BCUT2D eigenvalue weighted by Crippen LogP contribution is 2.36. The fourth-order valence-corrected chi connectivity index (χ4v) is 2.59. The van der Waals surface area contributed by atoms with E-state index in [2.05, 4.69) is 5.32 Å². The van der Waals surface area contributed by atoms with Crippen molar-refractivity contribution in [3.63, 3.8) is 0 Å². The lowest BCUT2D eigenvalue weighted by atomic mass is 10.0. The number of carbonyl (C=O) groups is 1. The number of nitrogens with one attached hydrogen (secondary N) is 1. The summed E-state index contributed by atoms with van der Waals surface area (Å²) in [5.41, 5.74) is 9.32. The average Bonchev–Trinajstić information content (AvgIpc) is 2.43. The molecule has 108 valence electrons. The lowest BCUT2D eigenvalue weighted by Gasteiger charge is -2.19. The van der Waals surface area contributed by atoms with E-state index in [1.165, 1.54) is 0 Å². The molecule has 0 aromatic heterocycles. The molecule has 3 rings (SSSR count). The van der Waals surface area contributed by atoms with Crippen LogP contribution in [0, 0.1) is 6.92 Å². The van der Waals surface area contributed by atoms with Crippen LogP contribution in [0.4, 0.5) is 11.4 Å². The summed E-state index contributed by atoms with van der Waals surface area (Å²) in [5, 5.41) is 3.50. The molecule has 1 amide bonds. The number of amides is 1. The zero-order valence-corrected chi connectivity index (χ0v) is 12.3. The fraction of sp³-hybridized carbons (Fsp3) is 0.188. The normalized spacial score (nSPS) is 13.5. The van der Waals surface area contributed by atoms with Crippen molar-refractivity contribution in [3.8, 4) is 11.5 Å². The molecule has 0 bridgehead atoms. The highest BCUT2D eigenvalue weighted by molar-refractivity contribution is 6.30. The number of aryl methyl sites for hydroxylation is 2. The van der Waals surface area contributed by atoms with Crippen LogP contribution in [0.25, 0.3) is 0 Å². The van der Waals surface area contributed by atoms with E-state index < -0.39 is 0 Å². The third-order valence-electron chi connectivity index (χ3n) is 3.49. The van der Waals surface area contributed by atoms with Gasteiger partial charge in [-0.15, -0.1) is 0 Å². The van der Waals surface area contributed by atoms with E-state index in [1.807, 2.05) is 19.1 Å². The molecule has 2 aromatic rings. The van der Waals surface area contributed by atoms with Crippen molar-refractivity contribution in [1.29, 1.82) is 0 Å². The summed E-state index contributed by atoms with van der Waals surface area (Å²) in [6.07, 6.45) is 1.19. The van der Waals surface area contributed by atoms with Gasteiger partial charge in [-0.2, -0.15) is 0 Å². The number of hydrogen-bond acceptors (Lipinski definition) is 3. The van der Waals surface area contributed by atoms with E-state index in [0.717, 1.165) is 16.8 Å². The third-order valence-corrected chi connectivity index (χ3v) is 3.72. The van der Waals surface area contributed by atoms with E-state index in [1.54, 1.807) is 18.2 Å². The molecule has 0 spiro atoms. The number of nitrogen functional groups attached to an aromatic ring is 1. The van der Waals surface area contributed by atoms with Crippen LogP contribution in [0.1, 0.15) is 17.5 Å². The standard InChI is InChI=1S/C16H15ClN2O2/c1-9-6-11(17)3-4-14(9)21-15-8-13-10(7-12(15)18)2-5-16(20)19-13/h3-4,6-8H,2,5,18H2,1H3,(H,19,20). The zero-order chi connectivity index (χ0) is 15.0. The smallest absolute Gasteiger partial charge is 0.224 e. The molecule has 0 atom stereocenters. The lowest BCUT2D eigenvalue weighted by molar-refractivity contribution is -0.116. The first-order valence-corrected chi connectivity index (χ1v) is 7.07. The minimum absolute atomic E-state index is 0.0147. The molecule has 1 aliphatic heterocycles. The molecule has 3 N–H and O–H groups in total. The molecule has 0 saturated heterocycles. The van der Waals surface area contributed by atoms with E-state index >= 15 is 0 Å². The number of anilines is 2. The number of carbonyl (C=O) groups excluding carboxylic acids is 1. The maximum atomic E-state index is 11.5. The van der Waals surface area contributed by atoms with Crippen LogP contribution in [-0.4, -0.2) is 5.91 Å². The van der Waals surface area contributed by atoms with Gasteiger partial charge in [0.1, 0.15) is 5.75 Å². The van der Waals surface area contributed by atoms with Crippen molar-refractivity contribution in [3.05, 3.63) is 46.5 Å². The number of ether oxygens (including phenoxy) is 1. The molecule has 1 heterocycles. The summed E-state index contributed by atoms with van der Waals surface area (Å²) in [6, 6.07) is 9.02. The molecule has 0 aliphatic carbocycles. The number of benzene rings is 2. The molecule has 0 fully saturated rings. The van der Waals surface area contributed by atoms with E-state index in [9.17, 15) is 4.79 Å². The molecule has 0 saturated carbocycles. The van der Waals surface area contributed by atoms with Gasteiger partial charge < -0.3 is 15.8 Å². The van der Waals surface area contributed by atoms with Crippen LogP contribution < -0.4 is 15.8 Å². The quantitative estimate of drug-likeness (QED) is 0.827.